The smallest absolute Gasteiger partial charge is 0.283 e. The van der Waals surface area contributed by atoms with Gasteiger partial charge >= 0.3 is 0 Å². The fraction of sp³-hybridized carbons (Fsp3) is 0.462. The molecule has 1 unspecified atom stereocenters. The van der Waals surface area contributed by atoms with Crippen molar-refractivity contribution >= 4 is 23.2 Å². The number of halogens is 1. The minimum atomic E-state index is -1.09. The largest absolute Gasteiger partial charge is 0.388 e. The second kappa shape index (κ2) is 6.19. The Kier molecular flexibility index (Phi) is 5.08. The molecular formula is C13H17ClN2O4. The molecule has 2 N–H and O–H groups in total. The molecule has 0 saturated heterocycles. The molecule has 1 amide bonds. The van der Waals surface area contributed by atoms with Crippen molar-refractivity contribution in [3.63, 3.8) is 0 Å². The van der Waals surface area contributed by atoms with Gasteiger partial charge in [0.25, 0.3) is 11.6 Å². The first-order valence-corrected chi connectivity index (χ1v) is 6.47. The summed E-state index contributed by atoms with van der Waals surface area (Å²) in [5.41, 5.74) is -1.53. The number of hydrogen-bond donors (Lipinski definition) is 2. The Bertz CT molecular complexity index is 529. The van der Waals surface area contributed by atoms with E-state index in [1.165, 1.54) is 12.1 Å². The molecule has 0 heterocycles. The lowest BCUT2D eigenvalue weighted by Crippen LogP contribution is -2.44. The lowest BCUT2D eigenvalue weighted by Gasteiger charge is -2.27. The van der Waals surface area contributed by atoms with Crippen LogP contribution in [0, 0.1) is 16.0 Å². The average Bonchev–Trinajstić information content (AvgIpc) is 2.35. The van der Waals surface area contributed by atoms with Crippen molar-refractivity contribution in [2.24, 2.45) is 5.92 Å². The number of nitrogens with one attached hydrogen (secondary N) is 1. The summed E-state index contributed by atoms with van der Waals surface area (Å²) in [5, 5.41) is 23.6. The third kappa shape index (κ3) is 3.91. The Morgan fingerprint density at radius 2 is 2.15 bits per heavy atom. The summed E-state index contributed by atoms with van der Waals surface area (Å²) in [7, 11) is 0. The highest BCUT2D eigenvalue weighted by atomic mass is 35.5. The Hall–Kier alpha value is -1.66. The monoisotopic (exact) mass is 300 g/mol. The van der Waals surface area contributed by atoms with Gasteiger partial charge in [-0.2, -0.15) is 0 Å². The Labute approximate surface area is 121 Å². The van der Waals surface area contributed by atoms with Crippen LogP contribution in [-0.2, 0) is 0 Å². The molecule has 0 fully saturated rings. The molecule has 0 saturated carbocycles. The van der Waals surface area contributed by atoms with Gasteiger partial charge in [0.2, 0.25) is 0 Å². The molecule has 1 aromatic carbocycles. The summed E-state index contributed by atoms with van der Waals surface area (Å²) >= 11 is 5.68. The molecular weight excluding hydrogens is 284 g/mol. The Balaban J connectivity index is 2.91. The molecule has 0 aromatic heterocycles. The predicted octanol–water partition coefficient (Wildman–Crippen LogP) is 2.39. The van der Waals surface area contributed by atoms with Gasteiger partial charge in [0.05, 0.1) is 10.5 Å². The van der Waals surface area contributed by atoms with Crippen LogP contribution in [0.25, 0.3) is 0 Å². The minimum Gasteiger partial charge on any atom is -0.388 e. The highest BCUT2D eigenvalue weighted by Crippen LogP contribution is 2.23. The van der Waals surface area contributed by atoms with E-state index >= 15 is 0 Å². The van der Waals surface area contributed by atoms with Crippen LogP contribution in [0.15, 0.2) is 18.2 Å². The molecule has 0 aliphatic carbocycles. The van der Waals surface area contributed by atoms with Gasteiger partial charge in [-0.1, -0.05) is 25.4 Å². The molecule has 1 aromatic rings. The molecule has 0 aliphatic heterocycles. The minimum absolute atomic E-state index is 0.00325. The number of nitro groups is 1. The predicted molar refractivity (Wildman–Crippen MR) is 75.9 cm³/mol. The third-order valence-corrected chi connectivity index (χ3v) is 3.49. The number of rotatable bonds is 5. The SMILES string of the molecule is CC(C)C(C)(O)CNC(=O)c1ccc(Cl)cc1[N+](=O)[O-]. The first kappa shape index (κ1) is 16.4. The maximum Gasteiger partial charge on any atom is 0.283 e. The molecule has 0 radical (unpaired) electrons. The summed E-state index contributed by atoms with van der Waals surface area (Å²) in [6.07, 6.45) is 0. The molecule has 7 heteroatoms. The van der Waals surface area contributed by atoms with Crippen molar-refractivity contribution in [1.82, 2.24) is 5.32 Å². The number of carbonyl (C=O) groups excluding carboxylic acids is 1. The van der Waals surface area contributed by atoms with Gasteiger partial charge in [-0.25, -0.2) is 0 Å². The molecule has 1 atom stereocenters. The summed E-state index contributed by atoms with van der Waals surface area (Å²) in [6.45, 7) is 5.23. The highest BCUT2D eigenvalue weighted by molar-refractivity contribution is 6.31. The average molecular weight is 301 g/mol. The van der Waals surface area contributed by atoms with Crippen LogP contribution in [0.3, 0.4) is 0 Å². The van der Waals surface area contributed by atoms with Gasteiger partial charge in [0.1, 0.15) is 5.56 Å². The van der Waals surface area contributed by atoms with Crippen LogP contribution < -0.4 is 5.32 Å². The highest BCUT2D eigenvalue weighted by Gasteiger charge is 2.27. The Morgan fingerprint density at radius 1 is 1.55 bits per heavy atom. The fourth-order valence-electron chi connectivity index (χ4n) is 1.41. The van der Waals surface area contributed by atoms with Crippen molar-refractivity contribution in [1.29, 1.82) is 0 Å². The molecule has 6 nitrogen and oxygen atoms in total. The summed E-state index contributed by atoms with van der Waals surface area (Å²) in [5.74, 6) is -0.683. The number of nitrogens with zero attached hydrogens (tertiary/aromatic N) is 1. The van der Waals surface area contributed by atoms with E-state index < -0.39 is 16.4 Å². The maximum atomic E-state index is 12.0. The number of hydrogen-bond acceptors (Lipinski definition) is 4. The van der Waals surface area contributed by atoms with Crippen molar-refractivity contribution in [2.75, 3.05) is 6.54 Å². The zero-order chi connectivity index (χ0) is 15.5. The second-order valence-corrected chi connectivity index (χ2v) is 5.55. The number of aliphatic hydroxyl groups is 1. The topological polar surface area (TPSA) is 92.5 Å². The van der Waals surface area contributed by atoms with Crippen molar-refractivity contribution in [3.05, 3.63) is 38.9 Å². The van der Waals surface area contributed by atoms with Crippen LogP contribution in [0.2, 0.25) is 5.02 Å². The van der Waals surface area contributed by atoms with E-state index in [2.05, 4.69) is 5.32 Å². The molecule has 0 aliphatic rings. The van der Waals surface area contributed by atoms with E-state index in [4.69, 9.17) is 11.6 Å². The van der Waals surface area contributed by atoms with E-state index in [0.29, 0.717) is 0 Å². The van der Waals surface area contributed by atoms with Crippen molar-refractivity contribution in [2.45, 2.75) is 26.4 Å². The lowest BCUT2D eigenvalue weighted by molar-refractivity contribution is -0.385. The van der Waals surface area contributed by atoms with E-state index in [1.807, 2.05) is 13.8 Å². The van der Waals surface area contributed by atoms with Crippen LogP contribution >= 0.6 is 11.6 Å². The molecule has 0 bridgehead atoms. The third-order valence-electron chi connectivity index (χ3n) is 3.25. The van der Waals surface area contributed by atoms with E-state index in [1.54, 1.807) is 6.92 Å². The van der Waals surface area contributed by atoms with Crippen LogP contribution in [0.4, 0.5) is 5.69 Å². The van der Waals surface area contributed by atoms with E-state index in [9.17, 15) is 20.0 Å². The van der Waals surface area contributed by atoms with Gasteiger partial charge < -0.3 is 10.4 Å². The summed E-state index contributed by atoms with van der Waals surface area (Å²) in [4.78, 5) is 22.2. The van der Waals surface area contributed by atoms with Gasteiger partial charge in [-0.05, 0) is 25.0 Å². The van der Waals surface area contributed by atoms with Gasteiger partial charge in [0, 0.05) is 17.6 Å². The number of nitro benzene ring substituents is 1. The maximum absolute atomic E-state index is 12.0. The number of carbonyl (C=O) groups is 1. The quantitative estimate of drug-likeness (QED) is 0.645. The first-order valence-electron chi connectivity index (χ1n) is 6.09. The van der Waals surface area contributed by atoms with Crippen molar-refractivity contribution < 1.29 is 14.8 Å². The first-order chi connectivity index (χ1) is 9.15. The van der Waals surface area contributed by atoms with Gasteiger partial charge in [-0.3, -0.25) is 14.9 Å². The van der Waals surface area contributed by atoms with Gasteiger partial charge in [0.15, 0.2) is 0 Å². The number of benzene rings is 1. The number of amides is 1. The fourth-order valence-corrected chi connectivity index (χ4v) is 1.57. The summed E-state index contributed by atoms with van der Waals surface area (Å²) < 4.78 is 0. The van der Waals surface area contributed by atoms with Crippen molar-refractivity contribution in [3.8, 4) is 0 Å². The Morgan fingerprint density at radius 3 is 2.65 bits per heavy atom. The molecule has 20 heavy (non-hydrogen) atoms. The van der Waals surface area contributed by atoms with Crippen LogP contribution in [-0.4, -0.2) is 28.1 Å². The normalized spacial score (nSPS) is 13.9. The zero-order valence-corrected chi connectivity index (χ0v) is 12.3. The summed E-state index contributed by atoms with van der Waals surface area (Å²) in [6, 6.07) is 3.82. The standard InChI is InChI=1S/C13H17ClN2O4/c1-8(2)13(3,18)7-15-12(17)10-5-4-9(14)6-11(10)16(19)20/h4-6,8,18H,7H2,1-3H3,(H,15,17). The van der Waals surface area contributed by atoms with Crippen LogP contribution in [0.5, 0.6) is 0 Å². The molecule has 110 valence electrons. The zero-order valence-electron chi connectivity index (χ0n) is 11.5. The van der Waals surface area contributed by atoms with Crippen LogP contribution in [0.1, 0.15) is 31.1 Å². The van der Waals surface area contributed by atoms with E-state index in [-0.39, 0.29) is 28.7 Å². The molecule has 1 rings (SSSR count). The second-order valence-electron chi connectivity index (χ2n) is 5.11. The molecule has 0 spiro atoms. The van der Waals surface area contributed by atoms with Gasteiger partial charge in [-0.15, -0.1) is 0 Å². The van der Waals surface area contributed by atoms with E-state index in [0.717, 1.165) is 6.07 Å². The lowest BCUT2D eigenvalue weighted by atomic mass is 9.92.